The molecule has 1 heterocycles. The molecule has 0 fully saturated rings. The van der Waals surface area contributed by atoms with Crippen LogP contribution in [0.5, 0.6) is 28.9 Å². The standard InChI is InChI=1S/C21H30N2O5/c1-8-15(12-24-4)23-17-9-13(2)22-21(14(17)3)28-20-18(26-6)10-16(25-5)11-19(20)27-7/h9-11,15H,8,12H2,1-7H3,(H,22,23). The zero-order chi connectivity index (χ0) is 20.7. The van der Waals surface area contributed by atoms with Crippen LogP contribution in [0, 0.1) is 13.8 Å². The van der Waals surface area contributed by atoms with Crippen molar-refractivity contribution in [2.24, 2.45) is 0 Å². The van der Waals surface area contributed by atoms with Gasteiger partial charge in [-0.05, 0) is 26.3 Å². The number of rotatable bonds is 10. The Morgan fingerprint density at radius 2 is 1.61 bits per heavy atom. The topological polar surface area (TPSA) is 71.1 Å². The van der Waals surface area contributed by atoms with Crippen LogP contribution in [0.3, 0.4) is 0 Å². The summed E-state index contributed by atoms with van der Waals surface area (Å²) in [6, 6.07) is 5.69. The lowest BCUT2D eigenvalue weighted by Crippen LogP contribution is -2.24. The number of anilines is 1. The summed E-state index contributed by atoms with van der Waals surface area (Å²) in [7, 11) is 6.43. The van der Waals surface area contributed by atoms with E-state index in [-0.39, 0.29) is 6.04 Å². The maximum atomic E-state index is 6.16. The summed E-state index contributed by atoms with van der Waals surface area (Å²) in [6.45, 7) is 6.63. The Labute approximate surface area is 166 Å². The number of ether oxygens (including phenoxy) is 5. The van der Waals surface area contributed by atoms with E-state index >= 15 is 0 Å². The third-order valence-electron chi connectivity index (χ3n) is 4.44. The molecule has 0 aliphatic heterocycles. The van der Waals surface area contributed by atoms with Gasteiger partial charge in [-0.15, -0.1) is 0 Å². The molecule has 0 spiro atoms. The lowest BCUT2D eigenvalue weighted by molar-refractivity contribution is 0.184. The van der Waals surface area contributed by atoms with Crippen molar-refractivity contribution in [3.05, 3.63) is 29.5 Å². The molecule has 154 valence electrons. The molecule has 1 unspecified atom stereocenters. The number of hydrogen-bond acceptors (Lipinski definition) is 7. The zero-order valence-corrected chi connectivity index (χ0v) is 17.7. The number of aromatic nitrogens is 1. The Hall–Kier alpha value is -2.67. The van der Waals surface area contributed by atoms with Crippen molar-refractivity contribution in [3.63, 3.8) is 0 Å². The Kier molecular flexibility index (Phi) is 7.75. The lowest BCUT2D eigenvalue weighted by Gasteiger charge is -2.21. The van der Waals surface area contributed by atoms with Gasteiger partial charge in [0.25, 0.3) is 0 Å². The average molecular weight is 390 g/mol. The largest absolute Gasteiger partial charge is 0.496 e. The van der Waals surface area contributed by atoms with Gasteiger partial charge < -0.3 is 29.0 Å². The van der Waals surface area contributed by atoms with Crippen LogP contribution in [0.25, 0.3) is 0 Å². The fourth-order valence-corrected chi connectivity index (χ4v) is 2.81. The van der Waals surface area contributed by atoms with Crippen molar-refractivity contribution in [1.29, 1.82) is 0 Å². The number of benzene rings is 1. The van der Waals surface area contributed by atoms with E-state index < -0.39 is 0 Å². The summed E-state index contributed by atoms with van der Waals surface area (Å²) in [6.07, 6.45) is 0.935. The Bertz CT molecular complexity index is 770. The fourth-order valence-electron chi connectivity index (χ4n) is 2.81. The summed E-state index contributed by atoms with van der Waals surface area (Å²) in [5.41, 5.74) is 2.68. The first kappa shape index (κ1) is 21.6. The molecule has 2 aromatic rings. The van der Waals surface area contributed by atoms with Gasteiger partial charge in [-0.25, -0.2) is 4.98 Å². The van der Waals surface area contributed by atoms with E-state index in [0.29, 0.717) is 35.5 Å². The van der Waals surface area contributed by atoms with Crippen molar-refractivity contribution >= 4 is 5.69 Å². The lowest BCUT2D eigenvalue weighted by atomic mass is 10.1. The fraction of sp³-hybridized carbons (Fsp3) is 0.476. The van der Waals surface area contributed by atoms with E-state index in [1.165, 1.54) is 0 Å². The Morgan fingerprint density at radius 3 is 2.11 bits per heavy atom. The monoisotopic (exact) mass is 390 g/mol. The summed E-state index contributed by atoms with van der Waals surface area (Å²) < 4.78 is 27.7. The predicted molar refractivity (Wildman–Crippen MR) is 109 cm³/mol. The molecule has 0 aliphatic carbocycles. The minimum atomic E-state index is 0.198. The van der Waals surface area contributed by atoms with Gasteiger partial charge in [0, 0.05) is 42.2 Å². The van der Waals surface area contributed by atoms with Crippen molar-refractivity contribution in [2.75, 3.05) is 40.4 Å². The molecule has 0 saturated heterocycles. The first-order chi connectivity index (χ1) is 13.5. The van der Waals surface area contributed by atoms with Crippen molar-refractivity contribution in [3.8, 4) is 28.9 Å². The van der Waals surface area contributed by atoms with Crippen LogP contribution in [0.1, 0.15) is 24.6 Å². The second-order valence-electron chi connectivity index (χ2n) is 6.41. The highest BCUT2D eigenvalue weighted by Gasteiger charge is 2.19. The van der Waals surface area contributed by atoms with E-state index in [0.717, 1.165) is 23.4 Å². The molecular weight excluding hydrogens is 360 g/mol. The van der Waals surface area contributed by atoms with Gasteiger partial charge >= 0.3 is 0 Å². The SMILES string of the molecule is CCC(COC)Nc1cc(C)nc(Oc2c(OC)cc(OC)cc2OC)c1C. The van der Waals surface area contributed by atoms with Crippen molar-refractivity contribution in [1.82, 2.24) is 4.98 Å². The van der Waals surface area contributed by atoms with Crippen LogP contribution >= 0.6 is 0 Å². The third-order valence-corrected chi connectivity index (χ3v) is 4.44. The quantitative estimate of drug-likeness (QED) is 0.646. The minimum absolute atomic E-state index is 0.198. The molecule has 0 amide bonds. The summed E-state index contributed by atoms with van der Waals surface area (Å²) >= 11 is 0. The highest BCUT2D eigenvalue weighted by molar-refractivity contribution is 5.60. The van der Waals surface area contributed by atoms with Gasteiger partial charge in [0.1, 0.15) is 5.75 Å². The number of nitrogens with zero attached hydrogens (tertiary/aromatic N) is 1. The maximum absolute atomic E-state index is 6.16. The first-order valence-electron chi connectivity index (χ1n) is 9.18. The summed E-state index contributed by atoms with van der Waals surface area (Å²) in [4.78, 5) is 4.57. The van der Waals surface area contributed by atoms with Gasteiger partial charge in [0.05, 0.1) is 27.9 Å². The van der Waals surface area contributed by atoms with E-state index in [1.807, 2.05) is 19.9 Å². The zero-order valence-electron chi connectivity index (χ0n) is 17.7. The van der Waals surface area contributed by atoms with E-state index in [1.54, 1.807) is 40.6 Å². The molecule has 1 N–H and O–H groups in total. The Morgan fingerprint density at radius 1 is 0.964 bits per heavy atom. The molecule has 7 nitrogen and oxygen atoms in total. The van der Waals surface area contributed by atoms with Crippen molar-refractivity contribution < 1.29 is 23.7 Å². The van der Waals surface area contributed by atoms with Crippen LogP contribution in [0.2, 0.25) is 0 Å². The second-order valence-corrected chi connectivity index (χ2v) is 6.41. The maximum Gasteiger partial charge on any atom is 0.224 e. The van der Waals surface area contributed by atoms with Gasteiger partial charge in [0.15, 0.2) is 11.5 Å². The highest BCUT2D eigenvalue weighted by atomic mass is 16.5. The number of aryl methyl sites for hydroxylation is 1. The van der Waals surface area contributed by atoms with Gasteiger partial charge in [-0.1, -0.05) is 6.92 Å². The van der Waals surface area contributed by atoms with Crippen LogP contribution in [-0.4, -0.2) is 46.1 Å². The third kappa shape index (κ3) is 4.98. The molecule has 1 aromatic carbocycles. The molecule has 0 saturated carbocycles. The molecule has 7 heteroatoms. The number of methoxy groups -OCH3 is 4. The summed E-state index contributed by atoms with van der Waals surface area (Å²) in [5, 5.41) is 3.51. The van der Waals surface area contributed by atoms with E-state index in [4.69, 9.17) is 23.7 Å². The number of hydrogen-bond donors (Lipinski definition) is 1. The normalized spacial score (nSPS) is 11.7. The van der Waals surface area contributed by atoms with E-state index in [9.17, 15) is 0 Å². The van der Waals surface area contributed by atoms with Crippen LogP contribution in [0.4, 0.5) is 5.69 Å². The second kappa shape index (κ2) is 10.0. The predicted octanol–water partition coefficient (Wildman–Crippen LogP) is 4.35. The number of pyridine rings is 1. The van der Waals surface area contributed by atoms with Crippen LogP contribution < -0.4 is 24.3 Å². The van der Waals surface area contributed by atoms with Crippen molar-refractivity contribution in [2.45, 2.75) is 33.2 Å². The average Bonchev–Trinajstić information content (AvgIpc) is 2.70. The molecule has 28 heavy (non-hydrogen) atoms. The first-order valence-corrected chi connectivity index (χ1v) is 9.18. The van der Waals surface area contributed by atoms with Gasteiger partial charge in [-0.3, -0.25) is 0 Å². The summed E-state index contributed by atoms with van der Waals surface area (Å²) in [5.74, 6) is 2.54. The van der Waals surface area contributed by atoms with Crippen LogP contribution in [0.15, 0.2) is 18.2 Å². The van der Waals surface area contributed by atoms with Gasteiger partial charge in [0.2, 0.25) is 11.6 Å². The number of nitrogens with one attached hydrogen (secondary N) is 1. The molecule has 1 aromatic heterocycles. The molecule has 0 radical (unpaired) electrons. The highest BCUT2D eigenvalue weighted by Crippen LogP contribution is 2.44. The molecule has 1 atom stereocenters. The Balaban J connectivity index is 2.44. The smallest absolute Gasteiger partial charge is 0.224 e. The molecule has 0 aliphatic rings. The van der Waals surface area contributed by atoms with E-state index in [2.05, 4.69) is 17.2 Å². The van der Waals surface area contributed by atoms with Crippen LogP contribution in [-0.2, 0) is 4.74 Å². The molecular formula is C21H30N2O5. The molecule has 0 bridgehead atoms. The molecule has 2 rings (SSSR count). The van der Waals surface area contributed by atoms with Gasteiger partial charge in [-0.2, -0.15) is 0 Å². The minimum Gasteiger partial charge on any atom is -0.496 e.